The Morgan fingerprint density at radius 3 is 2.00 bits per heavy atom. The van der Waals surface area contributed by atoms with E-state index >= 15 is 0 Å². The first-order chi connectivity index (χ1) is 4.39. The van der Waals surface area contributed by atoms with Crippen molar-refractivity contribution in [2.24, 2.45) is 5.41 Å². The molecule has 0 amide bonds. The molecule has 2 nitrogen and oxygen atoms in total. The van der Waals surface area contributed by atoms with Gasteiger partial charge in [0, 0.05) is 10.8 Å². The van der Waals surface area contributed by atoms with Crippen molar-refractivity contribution in [2.45, 2.75) is 26.9 Å². The lowest BCUT2D eigenvalue weighted by atomic mass is 9.88. The van der Waals surface area contributed by atoms with E-state index in [1.165, 1.54) is 0 Å². The van der Waals surface area contributed by atoms with E-state index in [1.54, 1.807) is 20.8 Å². The predicted octanol–water partition coefficient (Wildman–Crippen LogP) is 1.40. The number of Topliss-reactive ketones (excluding diaryl/α,β-unsaturated/α-hetero) is 1. The van der Waals surface area contributed by atoms with E-state index in [1.807, 2.05) is 0 Å². The fourth-order valence-electron chi connectivity index (χ4n) is 0.489. The smallest absolute Gasteiger partial charge is 0.180 e. The summed E-state index contributed by atoms with van der Waals surface area (Å²) in [7, 11) is 0. The molecule has 0 rings (SSSR count). The molecule has 0 saturated heterocycles. The third-order valence-electron chi connectivity index (χ3n) is 1.12. The van der Waals surface area contributed by atoms with E-state index in [0.29, 0.717) is 0 Å². The summed E-state index contributed by atoms with van der Waals surface area (Å²) in [5.74, 6) is -0.345. The van der Waals surface area contributed by atoms with Gasteiger partial charge >= 0.3 is 0 Å². The molecule has 1 radical (unpaired) electrons. The monoisotopic (exact) mass is 159 g/mol. The third kappa shape index (κ3) is 2.54. The lowest BCUT2D eigenvalue weighted by Gasteiger charge is -2.16. The molecule has 0 aromatic rings. The van der Waals surface area contributed by atoms with Gasteiger partial charge in [0.1, 0.15) is 0 Å². The molecule has 10 heavy (non-hydrogen) atoms. The molecule has 57 valence electrons. The topological polar surface area (TPSA) is 37.0 Å². The maximum absolute atomic E-state index is 11.0. The molecule has 0 heterocycles. The van der Waals surface area contributed by atoms with Gasteiger partial charge in [-0.2, -0.15) is 0 Å². The summed E-state index contributed by atoms with van der Waals surface area (Å²) in [5.41, 5.74) is -0.568. The summed E-state index contributed by atoms with van der Waals surface area (Å²) in [4.78, 5) is 11.0. The Hall–Kier alpha value is -0.280. The molecule has 3 heteroatoms. The van der Waals surface area contributed by atoms with Crippen molar-refractivity contribution in [1.82, 2.24) is 0 Å². The fraction of sp³-hybridized carbons (Fsp3) is 0.714. The van der Waals surface area contributed by atoms with Crippen LogP contribution in [0, 0.1) is 5.41 Å². The van der Waals surface area contributed by atoms with Crippen LogP contribution in [0.2, 0.25) is 0 Å². The Bertz CT molecular complexity index is 146. The van der Waals surface area contributed by atoms with Gasteiger partial charge in [0.05, 0.1) is 0 Å². The minimum atomic E-state index is -1.34. The molecule has 0 aromatic carbocycles. The van der Waals surface area contributed by atoms with Crippen LogP contribution >= 0.6 is 12.2 Å². The molecule has 0 spiro atoms. The van der Waals surface area contributed by atoms with Gasteiger partial charge < -0.3 is 0 Å². The fourth-order valence-corrected chi connectivity index (χ4v) is 0.612. The molecule has 0 aromatic heterocycles. The van der Waals surface area contributed by atoms with E-state index in [4.69, 9.17) is 0 Å². The summed E-state index contributed by atoms with van der Waals surface area (Å²) < 4.78 is 0. The van der Waals surface area contributed by atoms with Gasteiger partial charge in [0.25, 0.3) is 0 Å². The van der Waals surface area contributed by atoms with Crippen molar-refractivity contribution in [3.05, 3.63) is 0 Å². The van der Waals surface area contributed by atoms with Gasteiger partial charge in [-0.1, -0.05) is 33.0 Å². The number of carbonyl (C=O) groups is 1. The van der Waals surface area contributed by atoms with Crippen molar-refractivity contribution in [3.8, 4) is 0 Å². The molecule has 0 aliphatic heterocycles. The summed E-state index contributed by atoms with van der Waals surface area (Å²) in [6, 6.07) is 0. The first kappa shape index (κ1) is 9.72. The van der Waals surface area contributed by atoms with Crippen LogP contribution in [0.5, 0.6) is 0 Å². The van der Waals surface area contributed by atoms with Crippen LogP contribution in [0.15, 0.2) is 0 Å². The van der Waals surface area contributed by atoms with Crippen LogP contribution in [0.1, 0.15) is 20.8 Å². The molecule has 1 atom stereocenters. The quantitative estimate of drug-likeness (QED) is 0.571. The zero-order valence-electron chi connectivity index (χ0n) is 6.38. The highest BCUT2D eigenvalue weighted by Crippen LogP contribution is 2.16. The highest BCUT2D eigenvalue weighted by Gasteiger charge is 2.27. The molecular formula is C7H11O2S. The number of hydrogen-bond acceptors (Lipinski definition) is 2. The van der Waals surface area contributed by atoms with E-state index < -0.39 is 11.5 Å². The Kier molecular flexibility index (Phi) is 3.12. The van der Waals surface area contributed by atoms with E-state index in [-0.39, 0.29) is 5.78 Å². The average Bonchev–Trinajstić information content (AvgIpc) is 1.83. The Labute approximate surface area is 66.2 Å². The number of hydrogen-bond donors (Lipinski definition) is 0. The molecule has 0 aliphatic carbocycles. The summed E-state index contributed by atoms with van der Waals surface area (Å²) in [6.07, 6.45) is -1.34. The van der Waals surface area contributed by atoms with Crippen molar-refractivity contribution < 1.29 is 9.90 Å². The lowest BCUT2D eigenvalue weighted by molar-refractivity contribution is -0.133. The molecule has 0 N–H and O–H groups in total. The second-order valence-corrected chi connectivity index (χ2v) is 3.44. The van der Waals surface area contributed by atoms with Gasteiger partial charge in [0.15, 0.2) is 11.9 Å². The first-order valence-electron chi connectivity index (χ1n) is 3.05. The standard InChI is InChI=1S/C7H11O2S/c1-7(2,3)6(9)5(8)4-10/h4-5H,1-3H3. The Morgan fingerprint density at radius 2 is 1.90 bits per heavy atom. The van der Waals surface area contributed by atoms with E-state index in [9.17, 15) is 9.90 Å². The maximum atomic E-state index is 11.0. The largest absolute Gasteiger partial charge is 0.296 e. The summed E-state index contributed by atoms with van der Waals surface area (Å²) >= 11 is 4.36. The number of rotatable bonds is 2. The Morgan fingerprint density at radius 1 is 1.50 bits per heavy atom. The summed E-state index contributed by atoms with van der Waals surface area (Å²) in [5, 5.41) is 11.7. The molecule has 0 aliphatic rings. The van der Waals surface area contributed by atoms with Gasteiger partial charge in [-0.25, -0.2) is 5.11 Å². The normalized spacial score (nSPS) is 14.4. The Balaban J connectivity index is 4.22. The van der Waals surface area contributed by atoms with Gasteiger partial charge in [-0.15, -0.1) is 0 Å². The zero-order chi connectivity index (χ0) is 8.36. The van der Waals surface area contributed by atoms with Crippen molar-refractivity contribution in [1.29, 1.82) is 0 Å². The van der Waals surface area contributed by atoms with Crippen molar-refractivity contribution >= 4 is 23.4 Å². The van der Waals surface area contributed by atoms with Gasteiger partial charge in [-0.3, -0.25) is 4.79 Å². The zero-order valence-corrected chi connectivity index (χ0v) is 7.20. The highest BCUT2D eigenvalue weighted by molar-refractivity contribution is 7.79. The van der Waals surface area contributed by atoms with Crippen LogP contribution in [-0.4, -0.2) is 17.3 Å². The first-order valence-corrected chi connectivity index (χ1v) is 3.52. The van der Waals surface area contributed by atoms with Crippen LogP contribution in [0.25, 0.3) is 0 Å². The summed E-state index contributed by atoms with van der Waals surface area (Å²) in [6.45, 7) is 5.12. The molecular weight excluding hydrogens is 148 g/mol. The van der Waals surface area contributed by atoms with Crippen molar-refractivity contribution in [3.63, 3.8) is 0 Å². The second-order valence-electron chi connectivity index (χ2n) is 3.17. The number of thiocarbonyl (C=S) groups is 1. The van der Waals surface area contributed by atoms with Crippen molar-refractivity contribution in [2.75, 3.05) is 0 Å². The minimum Gasteiger partial charge on any atom is -0.296 e. The highest BCUT2D eigenvalue weighted by atomic mass is 32.1. The SMILES string of the molecule is CC(C)(C)C(=O)C([O])C=S. The maximum Gasteiger partial charge on any atom is 0.180 e. The van der Waals surface area contributed by atoms with E-state index in [0.717, 1.165) is 5.37 Å². The molecule has 1 unspecified atom stereocenters. The average molecular weight is 159 g/mol. The molecule has 0 saturated carbocycles. The third-order valence-corrected chi connectivity index (χ3v) is 1.37. The van der Waals surface area contributed by atoms with Crippen LogP contribution < -0.4 is 0 Å². The van der Waals surface area contributed by atoms with Gasteiger partial charge in [-0.05, 0) is 0 Å². The van der Waals surface area contributed by atoms with Gasteiger partial charge in [0.2, 0.25) is 0 Å². The van der Waals surface area contributed by atoms with Crippen LogP contribution in [0.4, 0.5) is 0 Å². The predicted molar refractivity (Wildman–Crippen MR) is 42.6 cm³/mol. The second kappa shape index (κ2) is 3.21. The molecule has 0 bridgehead atoms. The lowest BCUT2D eigenvalue weighted by Crippen LogP contribution is -2.31. The van der Waals surface area contributed by atoms with Crippen LogP contribution in [-0.2, 0) is 9.90 Å². The minimum absolute atomic E-state index is 0.345. The number of carbonyl (C=O) groups excluding carboxylic acids is 1. The van der Waals surface area contributed by atoms with E-state index in [2.05, 4.69) is 12.2 Å². The van der Waals surface area contributed by atoms with Crippen LogP contribution in [0.3, 0.4) is 0 Å². The molecule has 0 fully saturated rings. The number of ketones is 1.